The smallest absolute Gasteiger partial charge is 0.412 e. The number of amides is 1. The monoisotopic (exact) mass is 969 g/mol. The molecule has 1 fully saturated rings. The first kappa shape index (κ1) is 51.3. The molecule has 2 N–H and O–H groups in total. The summed E-state index contributed by atoms with van der Waals surface area (Å²) in [4.78, 5) is 43.7. The van der Waals surface area contributed by atoms with E-state index in [2.05, 4.69) is 69.5 Å². The Morgan fingerprint density at radius 3 is 1.99 bits per heavy atom. The number of aromatic nitrogens is 2. The van der Waals surface area contributed by atoms with E-state index in [0.717, 1.165) is 21.6 Å². The Hall–Kier alpha value is -5.11. The molecule has 1 aromatic heterocycles. The SMILES string of the molecule is COc1ccc(C(OC[C@H]2O[C@@H](n3ccc(=O)[nH]c3=O)[C@H](OC(=O)Nc3ccccc3SSC(C)(C)C)[C@@H]2OP(CCC#N)N(C(C)C)C(C)C)(c2ccccc2)c2ccc(OC)cc2)cc1. The molecule has 17 heteroatoms. The van der Waals surface area contributed by atoms with Gasteiger partial charge >= 0.3 is 11.8 Å². The second-order valence-corrected chi connectivity index (χ2v) is 22.1. The number of nitrogens with one attached hydrogen (secondary N) is 2. The molecule has 67 heavy (non-hydrogen) atoms. The average molecular weight is 970 g/mol. The predicted octanol–water partition coefficient (Wildman–Crippen LogP) is 10.3. The maximum absolute atomic E-state index is 14.4. The number of hydrogen-bond donors (Lipinski definition) is 2. The van der Waals surface area contributed by atoms with Crippen LogP contribution < -0.4 is 26.0 Å². The van der Waals surface area contributed by atoms with E-state index in [4.69, 9.17) is 28.2 Å². The summed E-state index contributed by atoms with van der Waals surface area (Å²) in [5.74, 6) is 1.31. The van der Waals surface area contributed by atoms with Gasteiger partial charge in [-0.05, 0) is 80.8 Å². The normalized spacial score (nSPS) is 17.9. The van der Waals surface area contributed by atoms with Gasteiger partial charge in [-0.3, -0.25) is 24.3 Å². The number of hydrogen-bond acceptors (Lipinski definition) is 13. The summed E-state index contributed by atoms with van der Waals surface area (Å²) in [5.41, 5.74) is 0.185. The summed E-state index contributed by atoms with van der Waals surface area (Å²) in [6.07, 6.45) is -3.63. The lowest BCUT2D eigenvalue weighted by molar-refractivity contribution is -0.0940. The van der Waals surface area contributed by atoms with E-state index < -0.39 is 55.8 Å². The molecule has 0 bridgehead atoms. The third-order valence-electron chi connectivity index (χ3n) is 10.8. The highest BCUT2D eigenvalue weighted by molar-refractivity contribution is 8.77. The van der Waals surface area contributed by atoms with E-state index in [1.807, 2.05) is 97.1 Å². The topological polar surface area (TPSA) is 166 Å². The van der Waals surface area contributed by atoms with Crippen LogP contribution in [0.4, 0.5) is 10.5 Å². The first-order valence-corrected chi connectivity index (χ1v) is 25.6. The predicted molar refractivity (Wildman–Crippen MR) is 266 cm³/mol. The number of carbonyl (C=O) groups excluding carboxylic acids is 1. The number of ether oxygens (including phenoxy) is 5. The molecule has 6 rings (SSSR count). The van der Waals surface area contributed by atoms with Crippen LogP contribution in [-0.4, -0.2) is 82.4 Å². The summed E-state index contributed by atoms with van der Waals surface area (Å²) >= 11 is 0. The van der Waals surface area contributed by atoms with E-state index in [9.17, 15) is 19.6 Å². The Morgan fingerprint density at radius 2 is 1.43 bits per heavy atom. The van der Waals surface area contributed by atoms with Crippen LogP contribution in [0, 0.1) is 11.3 Å². The van der Waals surface area contributed by atoms with E-state index in [0.29, 0.717) is 23.3 Å². The molecule has 5 aromatic rings. The Kier molecular flexibility index (Phi) is 17.8. The number of para-hydroxylation sites is 1. The minimum atomic E-state index is -1.57. The third kappa shape index (κ3) is 12.7. The number of H-pyrrole nitrogens is 1. The van der Waals surface area contributed by atoms with Gasteiger partial charge in [0.2, 0.25) is 0 Å². The van der Waals surface area contributed by atoms with Gasteiger partial charge in [0, 0.05) is 46.6 Å². The molecule has 356 valence electrons. The van der Waals surface area contributed by atoms with Gasteiger partial charge in [-0.15, -0.1) is 0 Å². The van der Waals surface area contributed by atoms with Gasteiger partial charge in [-0.1, -0.05) is 109 Å². The number of carbonyl (C=O) groups is 1. The van der Waals surface area contributed by atoms with Crippen molar-refractivity contribution in [1.82, 2.24) is 14.2 Å². The highest BCUT2D eigenvalue weighted by Gasteiger charge is 2.52. The summed E-state index contributed by atoms with van der Waals surface area (Å²) in [7, 11) is 4.83. The maximum atomic E-state index is 14.4. The molecule has 0 saturated carbocycles. The maximum Gasteiger partial charge on any atom is 0.412 e. The van der Waals surface area contributed by atoms with Gasteiger partial charge in [0.15, 0.2) is 12.3 Å². The van der Waals surface area contributed by atoms with Crippen LogP contribution in [0.25, 0.3) is 0 Å². The van der Waals surface area contributed by atoms with Crippen LogP contribution in [0.2, 0.25) is 0 Å². The highest BCUT2D eigenvalue weighted by Crippen LogP contribution is 2.51. The lowest BCUT2D eigenvalue weighted by Gasteiger charge is -2.40. The molecule has 0 spiro atoms. The number of methoxy groups -OCH3 is 2. The third-order valence-corrected chi connectivity index (χ3v) is 16.7. The number of aromatic amines is 1. The summed E-state index contributed by atoms with van der Waals surface area (Å²) in [6.45, 7) is 14.4. The lowest BCUT2D eigenvalue weighted by atomic mass is 9.80. The first-order valence-electron chi connectivity index (χ1n) is 22.1. The summed E-state index contributed by atoms with van der Waals surface area (Å²) in [6, 6.07) is 35.9. The van der Waals surface area contributed by atoms with E-state index in [1.54, 1.807) is 31.1 Å². The number of benzene rings is 4. The van der Waals surface area contributed by atoms with Crippen molar-refractivity contribution in [2.24, 2.45) is 0 Å². The Morgan fingerprint density at radius 1 is 0.851 bits per heavy atom. The van der Waals surface area contributed by atoms with Crippen molar-refractivity contribution in [1.29, 1.82) is 5.26 Å². The zero-order valence-electron chi connectivity index (χ0n) is 39.3. The van der Waals surface area contributed by atoms with Crippen LogP contribution in [0.15, 0.2) is 130 Å². The van der Waals surface area contributed by atoms with Gasteiger partial charge in [0.1, 0.15) is 37.6 Å². The Balaban J connectivity index is 1.50. The second-order valence-electron chi connectivity index (χ2n) is 17.3. The molecule has 5 atom stereocenters. The Bertz CT molecular complexity index is 2490. The van der Waals surface area contributed by atoms with Crippen molar-refractivity contribution in [3.05, 3.63) is 153 Å². The number of anilines is 1. The molecule has 1 amide bonds. The quantitative estimate of drug-likeness (QED) is 0.0430. The lowest BCUT2D eigenvalue weighted by Crippen LogP contribution is -2.44. The Labute approximate surface area is 401 Å². The van der Waals surface area contributed by atoms with E-state index in [1.165, 1.54) is 27.6 Å². The van der Waals surface area contributed by atoms with Crippen LogP contribution in [-0.2, 0) is 24.3 Å². The zero-order chi connectivity index (χ0) is 48.3. The largest absolute Gasteiger partial charge is 0.497 e. The molecular weight excluding hydrogens is 910 g/mol. The van der Waals surface area contributed by atoms with Crippen LogP contribution in [0.5, 0.6) is 11.5 Å². The number of rotatable bonds is 20. The molecule has 1 unspecified atom stereocenters. The van der Waals surface area contributed by atoms with Crippen LogP contribution in [0.1, 0.15) is 77.8 Å². The van der Waals surface area contributed by atoms with Gasteiger partial charge in [-0.2, -0.15) is 5.26 Å². The van der Waals surface area contributed by atoms with Crippen molar-refractivity contribution in [3.63, 3.8) is 0 Å². The summed E-state index contributed by atoms with van der Waals surface area (Å²) < 4.78 is 42.4. The molecule has 1 saturated heterocycles. The zero-order valence-corrected chi connectivity index (χ0v) is 41.9. The molecule has 0 radical (unpaired) electrons. The standard InChI is InChI=1S/C50H60N5O9PS2/c1-33(2)55(34(3)4)65(31-15-29-51)64-44-41(32-61-50(35-16-11-10-12-17-35,36-20-24-38(59-8)25-21-36)37-22-26-39(60-9)27-23-37)62-46(54-30-28-43(56)53-47(54)57)45(44)63-48(58)52-40-18-13-14-19-42(40)66-67-49(5,6)7/h10-14,16-28,30,33-34,41,44-46H,15,31-32H2,1-9H3,(H,52,58)(H,53,56,57)/t41-,44-,45-,46-,65?/m1/s1. The van der Waals surface area contributed by atoms with Gasteiger partial charge in [0.05, 0.1) is 32.6 Å². The molecule has 4 aromatic carbocycles. The molecule has 0 aliphatic carbocycles. The van der Waals surface area contributed by atoms with E-state index in [-0.39, 0.29) is 29.9 Å². The van der Waals surface area contributed by atoms with Gasteiger partial charge < -0.3 is 28.2 Å². The summed E-state index contributed by atoms with van der Waals surface area (Å²) in [5, 5.41) is 12.8. The van der Waals surface area contributed by atoms with E-state index >= 15 is 0 Å². The van der Waals surface area contributed by atoms with Crippen molar-refractivity contribution in [2.75, 3.05) is 32.3 Å². The molecule has 2 heterocycles. The minimum Gasteiger partial charge on any atom is -0.497 e. The fraction of sp³-hybridized carbons (Fsp3) is 0.400. The van der Waals surface area contributed by atoms with Crippen molar-refractivity contribution in [2.45, 2.75) is 107 Å². The van der Waals surface area contributed by atoms with Crippen molar-refractivity contribution < 1.29 is 33.0 Å². The van der Waals surface area contributed by atoms with Crippen LogP contribution >= 0.6 is 29.9 Å². The highest BCUT2D eigenvalue weighted by atomic mass is 33.1. The van der Waals surface area contributed by atoms with Gasteiger partial charge in [-0.25, -0.2) is 9.59 Å². The molecule has 14 nitrogen and oxygen atoms in total. The molecule has 1 aliphatic rings. The molecule has 1 aliphatic heterocycles. The van der Waals surface area contributed by atoms with Gasteiger partial charge in [0.25, 0.3) is 5.56 Å². The van der Waals surface area contributed by atoms with Crippen molar-refractivity contribution in [3.8, 4) is 17.6 Å². The van der Waals surface area contributed by atoms with Crippen LogP contribution in [0.3, 0.4) is 0 Å². The average Bonchev–Trinajstić information content (AvgIpc) is 3.63. The molecular formula is C50H60N5O9PS2. The number of nitriles is 1. The minimum absolute atomic E-state index is 0.00190. The fourth-order valence-electron chi connectivity index (χ4n) is 7.92. The van der Waals surface area contributed by atoms with Crippen molar-refractivity contribution >= 4 is 41.7 Å². The number of nitrogens with zero attached hydrogens (tertiary/aromatic N) is 3. The first-order chi connectivity index (χ1) is 32.1. The second kappa shape index (κ2) is 23.3. The fourth-order valence-corrected chi connectivity index (χ4v) is 12.4.